The molecule has 0 fully saturated rings. The van der Waals surface area contributed by atoms with Crippen LogP contribution in [0.15, 0.2) is 42.5 Å². The molecule has 1 amide bonds. The molecule has 0 heterocycles. The van der Waals surface area contributed by atoms with Gasteiger partial charge in [0, 0.05) is 10.6 Å². The Morgan fingerprint density at radius 2 is 2.10 bits per heavy atom. The summed E-state index contributed by atoms with van der Waals surface area (Å²) in [6, 6.07) is 10.3. The van der Waals surface area contributed by atoms with E-state index in [0.717, 1.165) is 0 Å². The Bertz CT molecular complexity index is 735. The SMILES string of the molecule is O=C(Nc1ccc(F)cc1C#CCO)c1cccc(Cl)c1. The van der Waals surface area contributed by atoms with Gasteiger partial charge in [0.15, 0.2) is 0 Å². The summed E-state index contributed by atoms with van der Waals surface area (Å²) >= 11 is 5.83. The predicted molar refractivity (Wildman–Crippen MR) is 79.8 cm³/mol. The van der Waals surface area contributed by atoms with E-state index in [2.05, 4.69) is 17.2 Å². The van der Waals surface area contributed by atoms with E-state index in [-0.39, 0.29) is 12.5 Å². The van der Waals surface area contributed by atoms with Gasteiger partial charge < -0.3 is 10.4 Å². The highest BCUT2D eigenvalue weighted by atomic mass is 35.5. The molecule has 0 unspecified atom stereocenters. The van der Waals surface area contributed by atoms with Crippen LogP contribution in [0.4, 0.5) is 10.1 Å². The van der Waals surface area contributed by atoms with E-state index in [9.17, 15) is 9.18 Å². The van der Waals surface area contributed by atoms with Crippen LogP contribution in [-0.4, -0.2) is 17.6 Å². The average molecular weight is 304 g/mol. The topological polar surface area (TPSA) is 49.3 Å². The van der Waals surface area contributed by atoms with Crippen molar-refractivity contribution in [2.75, 3.05) is 11.9 Å². The number of benzene rings is 2. The largest absolute Gasteiger partial charge is 0.384 e. The summed E-state index contributed by atoms with van der Waals surface area (Å²) < 4.78 is 13.2. The Morgan fingerprint density at radius 3 is 2.81 bits per heavy atom. The van der Waals surface area contributed by atoms with Crippen molar-refractivity contribution in [3.63, 3.8) is 0 Å². The maximum atomic E-state index is 13.2. The first kappa shape index (κ1) is 15.0. The normalized spacial score (nSPS) is 9.67. The van der Waals surface area contributed by atoms with Crippen LogP contribution >= 0.6 is 11.6 Å². The van der Waals surface area contributed by atoms with Gasteiger partial charge in [-0.3, -0.25) is 4.79 Å². The molecule has 106 valence electrons. The number of halogens is 2. The summed E-state index contributed by atoms with van der Waals surface area (Å²) in [4.78, 5) is 12.1. The Kier molecular flexibility index (Phi) is 4.94. The molecule has 0 aromatic heterocycles. The van der Waals surface area contributed by atoms with Crippen LogP contribution in [0.5, 0.6) is 0 Å². The first-order valence-corrected chi connectivity index (χ1v) is 6.44. The zero-order valence-electron chi connectivity index (χ0n) is 10.9. The molecule has 0 aliphatic carbocycles. The number of anilines is 1. The summed E-state index contributed by atoms with van der Waals surface area (Å²) in [7, 11) is 0. The molecule has 0 aliphatic heterocycles. The van der Waals surface area contributed by atoms with Crippen LogP contribution in [0.25, 0.3) is 0 Å². The minimum atomic E-state index is -0.474. The van der Waals surface area contributed by atoms with Gasteiger partial charge in [0.1, 0.15) is 12.4 Å². The summed E-state index contributed by atoms with van der Waals surface area (Å²) in [6.07, 6.45) is 0. The third-order valence-corrected chi connectivity index (χ3v) is 2.85. The van der Waals surface area contributed by atoms with Crippen LogP contribution in [0.3, 0.4) is 0 Å². The fourth-order valence-electron chi connectivity index (χ4n) is 1.69. The van der Waals surface area contributed by atoms with E-state index < -0.39 is 5.82 Å². The summed E-state index contributed by atoms with van der Waals surface area (Å²) in [5.41, 5.74) is 1.04. The summed E-state index contributed by atoms with van der Waals surface area (Å²) in [6.45, 7) is -0.349. The molecule has 0 bridgehead atoms. The number of hydrogen-bond acceptors (Lipinski definition) is 2. The van der Waals surface area contributed by atoms with Crippen LogP contribution < -0.4 is 5.32 Å². The molecule has 5 heteroatoms. The Labute approximate surface area is 126 Å². The van der Waals surface area contributed by atoms with Gasteiger partial charge in [0.05, 0.1) is 11.3 Å². The van der Waals surface area contributed by atoms with Crippen LogP contribution in [-0.2, 0) is 0 Å². The summed E-state index contributed by atoms with van der Waals surface area (Å²) in [5.74, 6) is 4.16. The number of amides is 1. The molecule has 21 heavy (non-hydrogen) atoms. The maximum absolute atomic E-state index is 13.2. The fraction of sp³-hybridized carbons (Fsp3) is 0.0625. The lowest BCUT2D eigenvalue weighted by atomic mass is 10.1. The van der Waals surface area contributed by atoms with Crippen molar-refractivity contribution in [1.29, 1.82) is 0 Å². The fourth-order valence-corrected chi connectivity index (χ4v) is 1.88. The van der Waals surface area contributed by atoms with Gasteiger partial charge in [-0.2, -0.15) is 0 Å². The molecule has 0 spiro atoms. The smallest absolute Gasteiger partial charge is 0.255 e. The third-order valence-electron chi connectivity index (χ3n) is 2.62. The van der Waals surface area contributed by atoms with E-state index in [0.29, 0.717) is 21.8 Å². The van der Waals surface area contributed by atoms with Crippen molar-refractivity contribution < 1.29 is 14.3 Å². The van der Waals surface area contributed by atoms with Gasteiger partial charge in [0.2, 0.25) is 0 Å². The molecule has 2 N–H and O–H groups in total. The average Bonchev–Trinajstić information content (AvgIpc) is 2.47. The number of hydrogen-bond donors (Lipinski definition) is 2. The maximum Gasteiger partial charge on any atom is 0.255 e. The van der Waals surface area contributed by atoms with E-state index >= 15 is 0 Å². The lowest BCUT2D eigenvalue weighted by Crippen LogP contribution is -2.13. The van der Waals surface area contributed by atoms with Gasteiger partial charge in [-0.1, -0.05) is 29.5 Å². The van der Waals surface area contributed by atoms with E-state index in [4.69, 9.17) is 16.7 Å². The Hall–Kier alpha value is -2.35. The molecule has 2 rings (SSSR count). The van der Waals surface area contributed by atoms with Crippen LogP contribution in [0.2, 0.25) is 5.02 Å². The van der Waals surface area contributed by atoms with Gasteiger partial charge in [-0.05, 0) is 36.4 Å². The number of aliphatic hydroxyl groups is 1. The Balaban J connectivity index is 2.29. The number of carbonyl (C=O) groups excluding carboxylic acids is 1. The highest BCUT2D eigenvalue weighted by Crippen LogP contribution is 2.18. The lowest BCUT2D eigenvalue weighted by molar-refractivity contribution is 0.102. The molecular formula is C16H11ClFNO2. The standard InChI is InChI=1S/C16H11ClFNO2/c17-13-5-1-3-12(9-13)16(21)19-15-7-6-14(18)10-11(15)4-2-8-20/h1,3,5-7,9-10,20H,8H2,(H,19,21). The van der Waals surface area contributed by atoms with Crippen molar-refractivity contribution in [3.8, 4) is 11.8 Å². The molecule has 0 aliphatic rings. The second-order valence-electron chi connectivity index (χ2n) is 4.11. The second kappa shape index (κ2) is 6.89. The van der Waals surface area contributed by atoms with Gasteiger partial charge >= 0.3 is 0 Å². The highest BCUT2D eigenvalue weighted by Gasteiger charge is 2.09. The first-order chi connectivity index (χ1) is 10.1. The molecule has 2 aromatic carbocycles. The van der Waals surface area contributed by atoms with E-state index in [1.165, 1.54) is 24.3 Å². The zero-order chi connectivity index (χ0) is 15.2. The highest BCUT2D eigenvalue weighted by molar-refractivity contribution is 6.31. The van der Waals surface area contributed by atoms with Gasteiger partial charge in [-0.15, -0.1) is 0 Å². The van der Waals surface area contributed by atoms with E-state index in [1.54, 1.807) is 18.2 Å². The molecule has 3 nitrogen and oxygen atoms in total. The minimum Gasteiger partial charge on any atom is -0.384 e. The van der Waals surface area contributed by atoms with Crippen molar-refractivity contribution in [2.24, 2.45) is 0 Å². The lowest BCUT2D eigenvalue weighted by Gasteiger charge is -2.08. The van der Waals surface area contributed by atoms with Crippen LogP contribution in [0.1, 0.15) is 15.9 Å². The molecule has 0 atom stereocenters. The zero-order valence-corrected chi connectivity index (χ0v) is 11.6. The number of aliphatic hydroxyl groups excluding tert-OH is 1. The number of carbonyl (C=O) groups is 1. The molecule has 0 saturated carbocycles. The second-order valence-corrected chi connectivity index (χ2v) is 4.55. The van der Waals surface area contributed by atoms with E-state index in [1.807, 2.05) is 0 Å². The van der Waals surface area contributed by atoms with Crippen molar-refractivity contribution >= 4 is 23.2 Å². The molecular weight excluding hydrogens is 293 g/mol. The monoisotopic (exact) mass is 303 g/mol. The molecule has 0 saturated heterocycles. The quantitative estimate of drug-likeness (QED) is 0.838. The summed E-state index contributed by atoms with van der Waals surface area (Å²) in [5, 5.41) is 11.8. The van der Waals surface area contributed by atoms with Gasteiger partial charge in [0.25, 0.3) is 5.91 Å². The molecule has 2 aromatic rings. The number of nitrogens with one attached hydrogen (secondary N) is 1. The van der Waals surface area contributed by atoms with Gasteiger partial charge in [-0.25, -0.2) is 4.39 Å². The predicted octanol–water partition coefficient (Wildman–Crippen LogP) is 3.08. The van der Waals surface area contributed by atoms with Crippen molar-refractivity contribution in [1.82, 2.24) is 0 Å². The minimum absolute atomic E-state index is 0.291. The first-order valence-electron chi connectivity index (χ1n) is 6.06. The van der Waals surface area contributed by atoms with Crippen LogP contribution in [0, 0.1) is 17.7 Å². The third kappa shape index (κ3) is 4.06. The number of rotatable bonds is 2. The molecule has 0 radical (unpaired) electrons. The van der Waals surface area contributed by atoms with Crippen molar-refractivity contribution in [2.45, 2.75) is 0 Å². The Morgan fingerprint density at radius 1 is 1.29 bits per heavy atom. The van der Waals surface area contributed by atoms with Crippen molar-refractivity contribution in [3.05, 3.63) is 64.4 Å².